The van der Waals surface area contributed by atoms with Crippen molar-refractivity contribution < 1.29 is 0 Å². The number of aromatic nitrogens is 2. The van der Waals surface area contributed by atoms with Crippen LogP contribution in [0.2, 0.25) is 0 Å². The fourth-order valence-corrected chi connectivity index (χ4v) is 1.34. The smallest absolute Gasteiger partial charge is 0.188 e. The van der Waals surface area contributed by atoms with E-state index in [-0.39, 0.29) is 0 Å². The Morgan fingerprint density at radius 1 is 1.50 bits per heavy atom. The van der Waals surface area contributed by atoms with Gasteiger partial charge in [-0.15, -0.1) is 0 Å². The number of guanidine groups is 1. The number of aliphatic imine (C=N–C) groups is 1. The molecule has 1 heterocycles. The molecule has 4 N–H and O–H groups in total. The van der Waals surface area contributed by atoms with E-state index < -0.39 is 0 Å². The molecular formula is C11H21N5. The first-order valence-corrected chi connectivity index (χ1v) is 5.55. The first-order chi connectivity index (χ1) is 7.50. The quantitative estimate of drug-likeness (QED) is 0.528. The Morgan fingerprint density at radius 2 is 2.19 bits per heavy atom. The van der Waals surface area contributed by atoms with Crippen LogP contribution in [0.25, 0.3) is 0 Å². The second-order valence-electron chi connectivity index (χ2n) is 4.39. The predicted molar refractivity (Wildman–Crippen MR) is 66.2 cm³/mol. The molecule has 0 aliphatic rings. The number of nitrogens with two attached hydrogens (primary N) is 1. The summed E-state index contributed by atoms with van der Waals surface area (Å²) in [6.45, 7) is 9.63. The van der Waals surface area contributed by atoms with Gasteiger partial charge >= 0.3 is 0 Å². The topological polar surface area (TPSA) is 79.1 Å². The van der Waals surface area contributed by atoms with Crippen molar-refractivity contribution in [1.82, 2.24) is 15.5 Å². The fourth-order valence-electron chi connectivity index (χ4n) is 1.34. The molecule has 16 heavy (non-hydrogen) atoms. The van der Waals surface area contributed by atoms with Gasteiger partial charge in [0.05, 0.1) is 12.2 Å². The van der Waals surface area contributed by atoms with Crippen LogP contribution in [0.1, 0.15) is 30.8 Å². The summed E-state index contributed by atoms with van der Waals surface area (Å²) in [4.78, 5) is 4.28. The highest BCUT2D eigenvalue weighted by atomic mass is 15.1. The van der Waals surface area contributed by atoms with Crippen LogP contribution in [-0.2, 0) is 6.54 Å². The number of aryl methyl sites for hydroxylation is 2. The molecule has 0 aromatic carbocycles. The molecule has 1 aromatic heterocycles. The van der Waals surface area contributed by atoms with Crippen LogP contribution >= 0.6 is 0 Å². The van der Waals surface area contributed by atoms with E-state index in [1.807, 2.05) is 13.8 Å². The van der Waals surface area contributed by atoms with Gasteiger partial charge in [-0.05, 0) is 19.8 Å². The number of H-pyrrole nitrogens is 1. The molecule has 0 bridgehead atoms. The van der Waals surface area contributed by atoms with E-state index in [1.54, 1.807) is 0 Å². The molecule has 0 atom stereocenters. The van der Waals surface area contributed by atoms with Crippen LogP contribution in [0.15, 0.2) is 4.99 Å². The molecule has 0 fully saturated rings. The number of aromatic amines is 1. The molecule has 0 radical (unpaired) electrons. The van der Waals surface area contributed by atoms with Crippen LogP contribution in [-0.4, -0.2) is 22.7 Å². The van der Waals surface area contributed by atoms with Crippen LogP contribution in [0.3, 0.4) is 0 Å². The molecule has 0 aliphatic carbocycles. The minimum Gasteiger partial charge on any atom is -0.370 e. The normalized spacial score (nSPS) is 12.2. The number of hydrogen-bond acceptors (Lipinski definition) is 2. The summed E-state index contributed by atoms with van der Waals surface area (Å²) < 4.78 is 0. The molecule has 0 aliphatic heterocycles. The van der Waals surface area contributed by atoms with Crippen molar-refractivity contribution >= 4 is 5.96 Å². The van der Waals surface area contributed by atoms with Crippen LogP contribution in [0, 0.1) is 19.8 Å². The minimum absolute atomic E-state index is 0.494. The van der Waals surface area contributed by atoms with Gasteiger partial charge in [0.1, 0.15) is 0 Å². The zero-order valence-corrected chi connectivity index (χ0v) is 10.5. The first-order valence-electron chi connectivity index (χ1n) is 5.55. The van der Waals surface area contributed by atoms with E-state index in [0.717, 1.165) is 23.5 Å². The van der Waals surface area contributed by atoms with E-state index in [4.69, 9.17) is 5.73 Å². The molecule has 90 valence electrons. The molecule has 0 spiro atoms. The SMILES string of the molecule is Cc1n[nH]c(C)c1CN=C(N)NCC(C)C. The Kier molecular flexibility index (Phi) is 4.34. The van der Waals surface area contributed by atoms with Gasteiger partial charge in [0.25, 0.3) is 0 Å². The summed E-state index contributed by atoms with van der Waals surface area (Å²) in [7, 11) is 0. The highest BCUT2D eigenvalue weighted by Gasteiger charge is 2.05. The lowest BCUT2D eigenvalue weighted by Gasteiger charge is -2.07. The third-order valence-electron chi connectivity index (χ3n) is 2.38. The molecule has 5 heteroatoms. The highest BCUT2D eigenvalue weighted by Crippen LogP contribution is 2.09. The van der Waals surface area contributed by atoms with Crippen molar-refractivity contribution in [1.29, 1.82) is 0 Å². The van der Waals surface area contributed by atoms with Gasteiger partial charge in [0, 0.05) is 17.8 Å². The van der Waals surface area contributed by atoms with E-state index in [2.05, 4.69) is 34.4 Å². The summed E-state index contributed by atoms with van der Waals surface area (Å²) in [5.74, 6) is 1.06. The van der Waals surface area contributed by atoms with E-state index in [1.165, 1.54) is 0 Å². The van der Waals surface area contributed by atoms with Gasteiger partial charge in [0.2, 0.25) is 0 Å². The Balaban J connectivity index is 2.52. The zero-order chi connectivity index (χ0) is 12.1. The van der Waals surface area contributed by atoms with E-state index >= 15 is 0 Å². The summed E-state index contributed by atoms with van der Waals surface area (Å²) in [6, 6.07) is 0. The average Bonchev–Trinajstić information content (AvgIpc) is 2.53. The summed E-state index contributed by atoms with van der Waals surface area (Å²) in [6.07, 6.45) is 0. The second-order valence-corrected chi connectivity index (χ2v) is 4.39. The van der Waals surface area contributed by atoms with Crippen LogP contribution in [0.5, 0.6) is 0 Å². The van der Waals surface area contributed by atoms with Gasteiger partial charge in [-0.3, -0.25) is 5.10 Å². The Labute approximate surface area is 96.5 Å². The van der Waals surface area contributed by atoms with Gasteiger partial charge in [0.15, 0.2) is 5.96 Å². The van der Waals surface area contributed by atoms with Crippen molar-refractivity contribution in [2.75, 3.05) is 6.54 Å². The number of nitrogens with zero attached hydrogens (tertiary/aromatic N) is 2. The van der Waals surface area contributed by atoms with Gasteiger partial charge in [-0.1, -0.05) is 13.8 Å². The van der Waals surface area contributed by atoms with Crippen LogP contribution in [0.4, 0.5) is 0 Å². The molecule has 1 aromatic rings. The van der Waals surface area contributed by atoms with Gasteiger partial charge in [-0.25, -0.2) is 4.99 Å². The molecule has 5 nitrogen and oxygen atoms in total. The molecule has 0 saturated carbocycles. The highest BCUT2D eigenvalue weighted by molar-refractivity contribution is 5.77. The Bertz CT molecular complexity index is 345. The maximum Gasteiger partial charge on any atom is 0.188 e. The molecule has 1 rings (SSSR count). The summed E-state index contributed by atoms with van der Waals surface area (Å²) in [5.41, 5.74) is 8.90. The third kappa shape index (κ3) is 3.56. The number of hydrogen-bond donors (Lipinski definition) is 3. The minimum atomic E-state index is 0.494. The summed E-state index contributed by atoms with van der Waals surface area (Å²) >= 11 is 0. The third-order valence-corrected chi connectivity index (χ3v) is 2.38. The lowest BCUT2D eigenvalue weighted by Crippen LogP contribution is -2.34. The predicted octanol–water partition coefficient (Wildman–Crippen LogP) is 1.09. The van der Waals surface area contributed by atoms with Gasteiger partial charge in [-0.2, -0.15) is 5.10 Å². The van der Waals surface area contributed by atoms with Crippen LogP contribution < -0.4 is 11.1 Å². The number of rotatable bonds is 4. The lowest BCUT2D eigenvalue weighted by molar-refractivity contribution is 0.622. The lowest BCUT2D eigenvalue weighted by atomic mass is 10.2. The van der Waals surface area contributed by atoms with Crippen molar-refractivity contribution in [3.63, 3.8) is 0 Å². The van der Waals surface area contributed by atoms with Crippen molar-refractivity contribution in [2.45, 2.75) is 34.2 Å². The monoisotopic (exact) mass is 223 g/mol. The standard InChI is InChI=1S/C11H21N5/c1-7(2)5-13-11(12)14-6-10-8(3)15-16-9(10)4/h7H,5-6H2,1-4H3,(H,15,16)(H3,12,13,14). The molecule has 0 unspecified atom stereocenters. The first kappa shape index (κ1) is 12.5. The van der Waals surface area contributed by atoms with E-state index in [0.29, 0.717) is 18.4 Å². The Morgan fingerprint density at radius 3 is 2.69 bits per heavy atom. The maximum absolute atomic E-state index is 5.75. The van der Waals surface area contributed by atoms with Crippen molar-refractivity contribution in [2.24, 2.45) is 16.6 Å². The van der Waals surface area contributed by atoms with E-state index in [9.17, 15) is 0 Å². The Hall–Kier alpha value is -1.52. The molecular weight excluding hydrogens is 202 g/mol. The molecule has 0 saturated heterocycles. The van der Waals surface area contributed by atoms with Crippen molar-refractivity contribution in [3.05, 3.63) is 17.0 Å². The van der Waals surface area contributed by atoms with Crippen molar-refractivity contribution in [3.8, 4) is 0 Å². The summed E-state index contributed by atoms with van der Waals surface area (Å²) in [5, 5.41) is 10.1. The maximum atomic E-state index is 5.75. The largest absolute Gasteiger partial charge is 0.370 e. The van der Waals surface area contributed by atoms with Gasteiger partial charge < -0.3 is 11.1 Å². The fraction of sp³-hybridized carbons (Fsp3) is 0.636. The number of nitrogens with one attached hydrogen (secondary N) is 2. The average molecular weight is 223 g/mol. The second kappa shape index (κ2) is 5.53. The molecule has 0 amide bonds. The zero-order valence-electron chi connectivity index (χ0n) is 10.5.